The van der Waals surface area contributed by atoms with E-state index in [0.717, 1.165) is 31.2 Å². The van der Waals surface area contributed by atoms with Crippen molar-refractivity contribution in [3.05, 3.63) is 35.9 Å². The Kier molecular flexibility index (Phi) is 11.7. The largest absolute Gasteiger partial charge is 0.481 e. The smallest absolute Gasteiger partial charge is 0.333 e. The van der Waals surface area contributed by atoms with Gasteiger partial charge in [0.1, 0.15) is 12.7 Å². The van der Waals surface area contributed by atoms with Gasteiger partial charge in [-0.2, -0.15) is 0 Å². The van der Waals surface area contributed by atoms with Crippen LogP contribution in [0, 0.1) is 5.92 Å². The molecule has 200 valence electrons. The number of urea groups is 1. The van der Waals surface area contributed by atoms with Gasteiger partial charge in [-0.25, -0.2) is 14.8 Å². The number of amides is 4. The zero-order valence-electron chi connectivity index (χ0n) is 22.0. The monoisotopic (exact) mass is 503 g/mol. The molecule has 36 heavy (non-hydrogen) atoms. The molecule has 0 aromatic heterocycles. The molecule has 10 nitrogen and oxygen atoms in total. The maximum Gasteiger partial charge on any atom is 0.333 e. The summed E-state index contributed by atoms with van der Waals surface area (Å²) in [6.07, 6.45) is 3.82. The molecule has 2 unspecified atom stereocenters. The molecular formula is C26H41N5O5. The minimum Gasteiger partial charge on any atom is -0.481 e. The number of carbonyl (C=O) groups is 4. The number of likely N-dealkylation sites (N-methyl/N-ethyl adjacent to an activating group) is 2. The molecule has 0 spiro atoms. The molecule has 1 aromatic carbocycles. The van der Waals surface area contributed by atoms with Crippen molar-refractivity contribution in [2.75, 3.05) is 33.9 Å². The zero-order chi connectivity index (χ0) is 26.7. The van der Waals surface area contributed by atoms with E-state index in [2.05, 4.69) is 19.2 Å². The number of rotatable bonds is 13. The first-order chi connectivity index (χ1) is 17.2. The lowest BCUT2D eigenvalue weighted by Crippen LogP contribution is -2.65. The van der Waals surface area contributed by atoms with Crippen molar-refractivity contribution in [2.24, 2.45) is 5.92 Å². The Morgan fingerprint density at radius 3 is 2.44 bits per heavy atom. The standard InChI is InChI=1S/C26H41N5O5/c1-5-7-11-20(6-2)17-28(3)25(35)22(14-15-24(33)34)30-19-31(29(4)18-23(30)32)26(36)27-16-21-12-9-8-10-13-21/h8-10,12-13,20,22H,5-7,11,14-19H2,1-4H3,(H,27,36)(H,33,34). The maximum absolute atomic E-state index is 13.5. The molecule has 2 atom stereocenters. The Hall–Kier alpha value is -3.14. The first-order valence-corrected chi connectivity index (χ1v) is 12.7. The highest BCUT2D eigenvalue weighted by molar-refractivity contribution is 5.89. The molecule has 10 heteroatoms. The van der Waals surface area contributed by atoms with Crippen LogP contribution in [0.25, 0.3) is 0 Å². The maximum atomic E-state index is 13.5. The van der Waals surface area contributed by atoms with Gasteiger partial charge in [-0.1, -0.05) is 63.4 Å². The van der Waals surface area contributed by atoms with E-state index in [1.165, 1.54) is 14.9 Å². The first kappa shape index (κ1) is 29.1. The second-order valence-corrected chi connectivity index (χ2v) is 9.45. The van der Waals surface area contributed by atoms with Crippen LogP contribution in [0.4, 0.5) is 4.79 Å². The molecule has 1 heterocycles. The summed E-state index contributed by atoms with van der Waals surface area (Å²) in [6, 6.07) is 8.10. The van der Waals surface area contributed by atoms with Crippen LogP contribution in [0.3, 0.4) is 0 Å². The Balaban J connectivity index is 2.15. The van der Waals surface area contributed by atoms with Crippen LogP contribution >= 0.6 is 0 Å². The molecule has 2 rings (SSSR count). The van der Waals surface area contributed by atoms with Crippen molar-refractivity contribution in [3.8, 4) is 0 Å². The van der Waals surface area contributed by atoms with Gasteiger partial charge in [-0.15, -0.1) is 0 Å². The van der Waals surface area contributed by atoms with Gasteiger partial charge in [-0.05, 0) is 24.3 Å². The SMILES string of the molecule is CCCCC(CC)CN(C)C(=O)C(CCC(=O)O)N1CN(C(=O)NCc2ccccc2)N(C)CC1=O. The fourth-order valence-corrected chi connectivity index (χ4v) is 4.38. The average Bonchev–Trinajstić information content (AvgIpc) is 2.86. The predicted octanol–water partition coefficient (Wildman–Crippen LogP) is 2.75. The molecule has 4 amide bonds. The van der Waals surface area contributed by atoms with Crippen LogP contribution in [0.1, 0.15) is 57.9 Å². The molecule has 1 fully saturated rings. The molecule has 2 N–H and O–H groups in total. The van der Waals surface area contributed by atoms with E-state index in [0.29, 0.717) is 19.0 Å². The number of nitrogens with one attached hydrogen (secondary N) is 1. The number of carboxylic acid groups (broad SMARTS) is 1. The zero-order valence-corrected chi connectivity index (χ0v) is 22.0. The van der Waals surface area contributed by atoms with Gasteiger partial charge >= 0.3 is 12.0 Å². The summed E-state index contributed by atoms with van der Waals surface area (Å²) in [5, 5.41) is 15.0. The minimum absolute atomic E-state index is 0.0147. The quantitative estimate of drug-likeness (QED) is 0.428. The number of carboxylic acids is 1. The van der Waals surface area contributed by atoms with Crippen LogP contribution in [0.2, 0.25) is 0 Å². The third-order valence-corrected chi connectivity index (χ3v) is 6.65. The van der Waals surface area contributed by atoms with Crippen molar-refractivity contribution in [2.45, 2.75) is 65.0 Å². The highest BCUT2D eigenvalue weighted by Gasteiger charge is 2.39. The number of hydrogen-bond donors (Lipinski definition) is 2. The topological polar surface area (TPSA) is 114 Å². The minimum atomic E-state index is -1.04. The van der Waals surface area contributed by atoms with Crippen molar-refractivity contribution in [3.63, 3.8) is 0 Å². The van der Waals surface area contributed by atoms with Crippen molar-refractivity contribution in [1.82, 2.24) is 25.1 Å². The van der Waals surface area contributed by atoms with Crippen molar-refractivity contribution in [1.29, 1.82) is 0 Å². The average molecular weight is 504 g/mol. The number of hydrazine groups is 1. The van der Waals surface area contributed by atoms with E-state index in [4.69, 9.17) is 0 Å². The summed E-state index contributed by atoms with van der Waals surface area (Å²) in [4.78, 5) is 53.7. The van der Waals surface area contributed by atoms with Crippen LogP contribution in [-0.2, 0) is 20.9 Å². The number of nitrogens with zero attached hydrogens (tertiary/aromatic N) is 4. The van der Waals surface area contributed by atoms with E-state index in [1.54, 1.807) is 19.0 Å². The van der Waals surface area contributed by atoms with Crippen LogP contribution in [0.5, 0.6) is 0 Å². The summed E-state index contributed by atoms with van der Waals surface area (Å²) in [5.41, 5.74) is 0.933. The number of unbranched alkanes of at least 4 members (excludes halogenated alkanes) is 1. The van der Waals surface area contributed by atoms with Gasteiger partial charge in [0.05, 0.1) is 6.54 Å². The summed E-state index contributed by atoms with van der Waals surface area (Å²) >= 11 is 0. The molecule has 0 saturated carbocycles. The third-order valence-electron chi connectivity index (χ3n) is 6.65. The Bertz CT molecular complexity index is 881. The number of benzene rings is 1. The molecule has 1 saturated heterocycles. The van der Waals surface area contributed by atoms with E-state index in [1.807, 2.05) is 30.3 Å². The number of aliphatic carboxylic acids is 1. The molecule has 0 aliphatic carbocycles. The van der Waals surface area contributed by atoms with Crippen LogP contribution in [-0.4, -0.2) is 88.6 Å². The van der Waals surface area contributed by atoms with E-state index in [9.17, 15) is 24.3 Å². The predicted molar refractivity (Wildman–Crippen MR) is 136 cm³/mol. The van der Waals surface area contributed by atoms with E-state index >= 15 is 0 Å². The van der Waals surface area contributed by atoms with E-state index in [-0.39, 0.29) is 37.9 Å². The molecule has 1 aromatic rings. The van der Waals surface area contributed by atoms with Gasteiger partial charge < -0.3 is 20.2 Å². The van der Waals surface area contributed by atoms with Crippen molar-refractivity contribution < 1.29 is 24.3 Å². The lowest BCUT2D eigenvalue weighted by Gasteiger charge is -2.44. The van der Waals surface area contributed by atoms with E-state index < -0.39 is 18.0 Å². The molecular weight excluding hydrogens is 462 g/mol. The summed E-state index contributed by atoms with van der Waals surface area (Å²) < 4.78 is 0. The summed E-state index contributed by atoms with van der Waals surface area (Å²) in [7, 11) is 3.34. The summed E-state index contributed by atoms with van der Waals surface area (Å²) in [6.45, 7) is 4.86. The van der Waals surface area contributed by atoms with Gasteiger partial charge in [-0.3, -0.25) is 14.4 Å². The Morgan fingerprint density at radius 2 is 1.83 bits per heavy atom. The van der Waals surface area contributed by atoms with Crippen molar-refractivity contribution >= 4 is 23.8 Å². The number of carbonyl (C=O) groups excluding carboxylic acids is 3. The lowest BCUT2D eigenvalue weighted by atomic mass is 9.98. The summed E-state index contributed by atoms with van der Waals surface area (Å²) in [5.74, 6) is -1.32. The van der Waals surface area contributed by atoms with Gasteiger partial charge in [0.2, 0.25) is 11.8 Å². The molecule has 1 aliphatic rings. The second-order valence-electron chi connectivity index (χ2n) is 9.45. The lowest BCUT2D eigenvalue weighted by molar-refractivity contribution is -0.162. The fourth-order valence-electron chi connectivity index (χ4n) is 4.38. The fraction of sp³-hybridized carbons (Fsp3) is 0.615. The molecule has 0 bridgehead atoms. The van der Waals surface area contributed by atoms with Gasteiger partial charge in [0.15, 0.2) is 0 Å². The second kappa shape index (κ2) is 14.4. The van der Waals surface area contributed by atoms with Gasteiger partial charge in [0, 0.05) is 33.6 Å². The van der Waals surface area contributed by atoms with Crippen LogP contribution in [0.15, 0.2) is 30.3 Å². The van der Waals surface area contributed by atoms with Crippen LogP contribution < -0.4 is 5.32 Å². The third kappa shape index (κ3) is 8.51. The number of hydrogen-bond acceptors (Lipinski definition) is 5. The normalized spacial score (nSPS) is 15.9. The highest BCUT2D eigenvalue weighted by Crippen LogP contribution is 2.20. The highest BCUT2D eigenvalue weighted by atomic mass is 16.4. The molecule has 0 radical (unpaired) electrons. The Labute approximate surface area is 214 Å². The Morgan fingerprint density at radius 1 is 1.14 bits per heavy atom. The first-order valence-electron chi connectivity index (χ1n) is 12.7. The van der Waals surface area contributed by atoms with Gasteiger partial charge in [0.25, 0.3) is 0 Å². The molecule has 1 aliphatic heterocycles.